The van der Waals surface area contributed by atoms with Crippen molar-refractivity contribution < 1.29 is 22.7 Å². The highest BCUT2D eigenvalue weighted by Gasteiger charge is 2.38. The molecule has 1 fully saturated rings. The lowest BCUT2D eigenvalue weighted by atomic mass is 9.97. The van der Waals surface area contributed by atoms with Crippen LogP contribution < -0.4 is 5.32 Å². The Morgan fingerprint density at radius 2 is 1.79 bits per heavy atom. The molecule has 1 amide bonds. The molecule has 2 aromatic carbocycles. The Labute approximate surface area is 141 Å². The van der Waals surface area contributed by atoms with Crippen molar-refractivity contribution in [2.45, 2.75) is 18.3 Å². The molecule has 1 aliphatic rings. The van der Waals surface area contributed by atoms with Crippen LogP contribution in [0.25, 0.3) is 0 Å². The number of amides is 1. The number of ether oxygens (including phenoxy) is 1. The van der Waals surface area contributed by atoms with Gasteiger partial charge in [-0.15, -0.1) is 0 Å². The fourth-order valence-corrected chi connectivity index (χ4v) is 2.69. The van der Waals surface area contributed by atoms with E-state index in [1.807, 2.05) is 0 Å². The predicted molar refractivity (Wildman–Crippen MR) is 82.8 cm³/mol. The third kappa shape index (κ3) is 3.39. The van der Waals surface area contributed by atoms with Gasteiger partial charge in [0.15, 0.2) is 0 Å². The minimum atomic E-state index is -4.58. The van der Waals surface area contributed by atoms with Crippen molar-refractivity contribution in [1.82, 2.24) is 5.32 Å². The van der Waals surface area contributed by atoms with Crippen molar-refractivity contribution in [1.29, 1.82) is 0 Å². The van der Waals surface area contributed by atoms with E-state index < -0.39 is 29.3 Å². The van der Waals surface area contributed by atoms with E-state index in [1.54, 1.807) is 24.3 Å². The van der Waals surface area contributed by atoms with Gasteiger partial charge in [-0.05, 0) is 29.8 Å². The van der Waals surface area contributed by atoms with Crippen LogP contribution in [0.5, 0.6) is 0 Å². The lowest BCUT2D eigenvalue weighted by Gasteiger charge is -2.37. The first-order chi connectivity index (χ1) is 11.4. The van der Waals surface area contributed by atoms with E-state index in [4.69, 9.17) is 16.3 Å². The Balaban J connectivity index is 1.75. The van der Waals surface area contributed by atoms with Crippen LogP contribution in [0.15, 0.2) is 48.5 Å². The van der Waals surface area contributed by atoms with Gasteiger partial charge in [-0.25, -0.2) is 0 Å². The van der Waals surface area contributed by atoms with Crippen LogP contribution in [0.2, 0.25) is 5.02 Å². The van der Waals surface area contributed by atoms with Gasteiger partial charge in [0.1, 0.15) is 6.10 Å². The summed E-state index contributed by atoms with van der Waals surface area (Å²) in [4.78, 5) is 12.3. The summed E-state index contributed by atoms with van der Waals surface area (Å²) in [5.74, 6) is -0.768. The summed E-state index contributed by atoms with van der Waals surface area (Å²) in [6, 6.07) is 11.2. The van der Waals surface area contributed by atoms with Gasteiger partial charge in [0, 0.05) is 5.02 Å². The first-order valence-electron chi connectivity index (χ1n) is 7.20. The summed E-state index contributed by atoms with van der Waals surface area (Å²) in [6.07, 6.45) is -4.98. The molecule has 126 valence electrons. The van der Waals surface area contributed by atoms with Gasteiger partial charge in [0.05, 0.1) is 23.8 Å². The molecule has 1 saturated heterocycles. The van der Waals surface area contributed by atoms with Crippen LogP contribution in [0.1, 0.15) is 27.6 Å². The molecule has 1 heterocycles. The molecule has 7 heteroatoms. The molecule has 1 aliphatic heterocycles. The van der Waals surface area contributed by atoms with Crippen LogP contribution >= 0.6 is 11.6 Å². The van der Waals surface area contributed by atoms with Crippen molar-refractivity contribution in [3.8, 4) is 0 Å². The zero-order valence-corrected chi connectivity index (χ0v) is 13.1. The van der Waals surface area contributed by atoms with E-state index in [-0.39, 0.29) is 12.6 Å². The van der Waals surface area contributed by atoms with Gasteiger partial charge < -0.3 is 10.1 Å². The number of rotatable bonds is 3. The highest BCUT2D eigenvalue weighted by atomic mass is 35.5. The summed E-state index contributed by atoms with van der Waals surface area (Å²) >= 11 is 5.82. The number of carbonyl (C=O) groups is 1. The Bertz CT molecular complexity index is 746. The molecule has 2 atom stereocenters. The standard InChI is InChI=1S/C17H13ClF3NO2/c18-11-7-5-10(6-8-11)15-14(9-24-15)22-16(23)12-3-1-2-4-13(12)17(19,20)21/h1-8,14-15H,9H2,(H,22,23)/t14-,15-/m0/s1. The minimum absolute atomic E-state index is 0.243. The molecule has 0 unspecified atom stereocenters. The molecule has 1 N–H and O–H groups in total. The smallest absolute Gasteiger partial charge is 0.369 e. The maximum atomic E-state index is 13.0. The molecule has 0 saturated carbocycles. The van der Waals surface area contributed by atoms with E-state index >= 15 is 0 Å². The van der Waals surface area contributed by atoms with Gasteiger partial charge in [-0.2, -0.15) is 13.2 Å². The second-order valence-corrected chi connectivity index (χ2v) is 5.87. The molecule has 0 aromatic heterocycles. The Kier molecular flexibility index (Phi) is 4.51. The number of hydrogen-bond acceptors (Lipinski definition) is 2. The second-order valence-electron chi connectivity index (χ2n) is 5.43. The number of halogens is 4. The summed E-state index contributed by atoms with van der Waals surface area (Å²) in [5, 5.41) is 3.18. The van der Waals surface area contributed by atoms with Gasteiger partial charge in [-0.1, -0.05) is 35.9 Å². The third-order valence-electron chi connectivity index (χ3n) is 3.81. The molecule has 0 bridgehead atoms. The van der Waals surface area contributed by atoms with Crippen LogP contribution in [-0.2, 0) is 10.9 Å². The highest BCUT2D eigenvalue weighted by Crippen LogP contribution is 2.33. The molecule has 3 rings (SSSR count). The molecular weight excluding hydrogens is 343 g/mol. The van der Waals surface area contributed by atoms with Gasteiger partial charge in [-0.3, -0.25) is 4.79 Å². The SMILES string of the molecule is O=C(N[C@H]1CO[C@H]1c1ccc(Cl)cc1)c1ccccc1C(F)(F)F. The van der Waals surface area contributed by atoms with E-state index in [1.165, 1.54) is 12.1 Å². The summed E-state index contributed by atoms with van der Waals surface area (Å²) in [5.41, 5.74) is -0.544. The number of nitrogens with one attached hydrogen (secondary N) is 1. The fraction of sp³-hybridized carbons (Fsp3) is 0.235. The average Bonchev–Trinajstić information content (AvgIpc) is 2.52. The van der Waals surface area contributed by atoms with Crippen molar-refractivity contribution in [3.05, 3.63) is 70.2 Å². The number of carbonyl (C=O) groups excluding carboxylic acids is 1. The first-order valence-corrected chi connectivity index (χ1v) is 7.58. The topological polar surface area (TPSA) is 38.3 Å². The third-order valence-corrected chi connectivity index (χ3v) is 4.06. The summed E-state index contributed by atoms with van der Waals surface area (Å²) in [6.45, 7) is 0.243. The van der Waals surface area contributed by atoms with Crippen molar-refractivity contribution >= 4 is 17.5 Å². The van der Waals surface area contributed by atoms with Crippen LogP contribution in [-0.4, -0.2) is 18.6 Å². The van der Waals surface area contributed by atoms with Crippen molar-refractivity contribution in [3.63, 3.8) is 0 Å². The second kappa shape index (κ2) is 6.45. The summed E-state index contributed by atoms with van der Waals surface area (Å²) in [7, 11) is 0. The Hall–Kier alpha value is -2.05. The lowest BCUT2D eigenvalue weighted by Crippen LogP contribution is -2.51. The maximum Gasteiger partial charge on any atom is 0.417 e. The molecule has 0 radical (unpaired) electrons. The van der Waals surface area contributed by atoms with Gasteiger partial charge in [0.2, 0.25) is 0 Å². The van der Waals surface area contributed by atoms with Crippen LogP contribution in [0.3, 0.4) is 0 Å². The van der Waals surface area contributed by atoms with Crippen LogP contribution in [0, 0.1) is 0 Å². The fourth-order valence-electron chi connectivity index (χ4n) is 2.56. The minimum Gasteiger partial charge on any atom is -0.369 e. The number of hydrogen-bond donors (Lipinski definition) is 1. The Morgan fingerprint density at radius 1 is 1.12 bits per heavy atom. The molecule has 2 aromatic rings. The molecule has 0 aliphatic carbocycles. The van der Waals surface area contributed by atoms with Crippen molar-refractivity contribution in [2.75, 3.05) is 6.61 Å². The number of alkyl halides is 3. The zero-order valence-electron chi connectivity index (χ0n) is 12.3. The molecule has 3 nitrogen and oxygen atoms in total. The normalized spacial score (nSPS) is 20.3. The van der Waals surface area contributed by atoms with Gasteiger partial charge in [0.25, 0.3) is 5.91 Å². The van der Waals surface area contributed by atoms with E-state index in [0.717, 1.165) is 17.7 Å². The first kappa shape index (κ1) is 16.8. The zero-order chi connectivity index (χ0) is 17.3. The maximum absolute atomic E-state index is 13.0. The van der Waals surface area contributed by atoms with E-state index in [0.29, 0.717) is 5.02 Å². The number of benzene rings is 2. The predicted octanol–water partition coefficient (Wildman–Crippen LogP) is 4.23. The quantitative estimate of drug-likeness (QED) is 0.894. The highest BCUT2D eigenvalue weighted by molar-refractivity contribution is 6.30. The van der Waals surface area contributed by atoms with Gasteiger partial charge >= 0.3 is 6.18 Å². The van der Waals surface area contributed by atoms with Crippen molar-refractivity contribution in [2.24, 2.45) is 0 Å². The molecule has 24 heavy (non-hydrogen) atoms. The van der Waals surface area contributed by atoms with E-state index in [9.17, 15) is 18.0 Å². The van der Waals surface area contributed by atoms with E-state index in [2.05, 4.69) is 5.32 Å². The molecule has 0 spiro atoms. The Morgan fingerprint density at radius 3 is 2.38 bits per heavy atom. The average molecular weight is 356 g/mol. The summed E-state index contributed by atoms with van der Waals surface area (Å²) < 4.78 is 44.4. The largest absolute Gasteiger partial charge is 0.417 e. The van der Waals surface area contributed by atoms with Crippen LogP contribution in [0.4, 0.5) is 13.2 Å². The monoisotopic (exact) mass is 355 g/mol. The molecular formula is C17H13ClF3NO2. The lowest BCUT2D eigenvalue weighted by molar-refractivity contribution is -0.138.